The number of nitrogens with one attached hydrogen (secondary N) is 2. The molecule has 0 bridgehead atoms. The number of halogens is 1. The van der Waals surface area contributed by atoms with Gasteiger partial charge in [-0.3, -0.25) is 4.79 Å². The number of carbonyl (C=O) groups excluding carboxylic acids is 1. The molecule has 0 aliphatic carbocycles. The van der Waals surface area contributed by atoms with E-state index in [1.165, 1.54) is 24.3 Å². The van der Waals surface area contributed by atoms with Gasteiger partial charge in [0.15, 0.2) is 11.5 Å². The molecule has 136 valence electrons. The van der Waals surface area contributed by atoms with Gasteiger partial charge in [0, 0.05) is 24.0 Å². The molecular formula is C20H16FN3O3. The Bertz CT molecular complexity index is 976. The molecule has 27 heavy (non-hydrogen) atoms. The fourth-order valence-electron chi connectivity index (χ4n) is 2.65. The van der Waals surface area contributed by atoms with Crippen molar-refractivity contribution in [3.8, 4) is 11.5 Å². The summed E-state index contributed by atoms with van der Waals surface area (Å²) in [6.45, 7) is 0.756. The zero-order chi connectivity index (χ0) is 18.6. The number of nitrogens with zero attached hydrogens (tertiary/aromatic N) is 1. The summed E-state index contributed by atoms with van der Waals surface area (Å²) in [6, 6.07) is 14.6. The first kappa shape index (κ1) is 16.8. The summed E-state index contributed by atoms with van der Waals surface area (Å²) in [5.74, 6) is 1.37. The Morgan fingerprint density at radius 3 is 2.70 bits per heavy atom. The number of hydrogen-bond acceptors (Lipinski definition) is 5. The lowest BCUT2D eigenvalue weighted by molar-refractivity contribution is 0.102. The molecule has 0 spiro atoms. The van der Waals surface area contributed by atoms with Gasteiger partial charge in [-0.05, 0) is 54.1 Å². The average molecular weight is 365 g/mol. The number of anilines is 2. The maximum Gasteiger partial charge on any atom is 0.255 e. The second-order valence-corrected chi connectivity index (χ2v) is 5.93. The average Bonchev–Trinajstić information content (AvgIpc) is 3.16. The molecule has 0 saturated heterocycles. The van der Waals surface area contributed by atoms with Crippen LogP contribution in [0.2, 0.25) is 0 Å². The van der Waals surface area contributed by atoms with Crippen LogP contribution in [-0.4, -0.2) is 17.7 Å². The van der Waals surface area contributed by atoms with Gasteiger partial charge in [-0.25, -0.2) is 9.37 Å². The van der Waals surface area contributed by atoms with Crippen LogP contribution >= 0.6 is 0 Å². The standard InChI is InChI=1S/C20H16FN3O3/c21-15-2-4-16(5-3-15)24-20(25)14-7-8-22-19(10-14)23-11-13-1-6-17-18(9-13)27-12-26-17/h1-10H,11-12H2,(H,22,23)(H,24,25). The van der Waals surface area contributed by atoms with Crippen molar-refractivity contribution in [1.82, 2.24) is 4.98 Å². The highest BCUT2D eigenvalue weighted by atomic mass is 19.1. The number of aromatic nitrogens is 1. The van der Waals surface area contributed by atoms with Gasteiger partial charge in [0.1, 0.15) is 11.6 Å². The lowest BCUT2D eigenvalue weighted by atomic mass is 10.2. The van der Waals surface area contributed by atoms with Gasteiger partial charge in [0.05, 0.1) is 0 Å². The fraction of sp³-hybridized carbons (Fsp3) is 0.100. The monoisotopic (exact) mass is 365 g/mol. The second kappa shape index (κ2) is 7.33. The molecular weight excluding hydrogens is 349 g/mol. The van der Waals surface area contributed by atoms with Crippen LogP contribution in [-0.2, 0) is 6.54 Å². The zero-order valence-corrected chi connectivity index (χ0v) is 14.2. The number of carbonyl (C=O) groups is 1. The summed E-state index contributed by atoms with van der Waals surface area (Å²) in [4.78, 5) is 16.6. The van der Waals surface area contributed by atoms with Gasteiger partial charge in [-0.1, -0.05) is 6.07 Å². The summed E-state index contributed by atoms with van der Waals surface area (Å²) < 4.78 is 23.6. The maximum absolute atomic E-state index is 13.0. The Hall–Kier alpha value is -3.61. The molecule has 0 unspecified atom stereocenters. The number of fused-ring (bicyclic) bond motifs is 1. The molecule has 2 N–H and O–H groups in total. The predicted molar refractivity (Wildman–Crippen MR) is 98.5 cm³/mol. The van der Waals surface area contributed by atoms with E-state index in [-0.39, 0.29) is 18.5 Å². The predicted octanol–water partition coefficient (Wildman–Crippen LogP) is 3.81. The highest BCUT2D eigenvalue weighted by molar-refractivity contribution is 6.04. The molecule has 0 radical (unpaired) electrons. The van der Waals surface area contributed by atoms with Gasteiger partial charge in [-0.2, -0.15) is 0 Å². The highest BCUT2D eigenvalue weighted by Gasteiger charge is 2.13. The number of rotatable bonds is 5. The quantitative estimate of drug-likeness (QED) is 0.719. The minimum atomic E-state index is -0.355. The van der Waals surface area contributed by atoms with Gasteiger partial charge in [0.2, 0.25) is 6.79 Å². The Kier molecular flexibility index (Phi) is 4.57. The summed E-state index contributed by atoms with van der Waals surface area (Å²) in [6.07, 6.45) is 1.56. The van der Waals surface area contributed by atoms with Crippen molar-refractivity contribution in [2.45, 2.75) is 6.54 Å². The largest absolute Gasteiger partial charge is 0.454 e. The number of amides is 1. The summed E-state index contributed by atoms with van der Waals surface area (Å²) in [5.41, 5.74) is 1.97. The van der Waals surface area contributed by atoms with E-state index in [2.05, 4.69) is 15.6 Å². The van der Waals surface area contributed by atoms with Crippen molar-refractivity contribution in [3.63, 3.8) is 0 Å². The molecule has 1 aromatic heterocycles. The zero-order valence-electron chi connectivity index (χ0n) is 14.2. The normalized spacial score (nSPS) is 11.9. The molecule has 3 aromatic rings. The molecule has 2 aromatic carbocycles. The maximum atomic E-state index is 13.0. The number of hydrogen-bond donors (Lipinski definition) is 2. The van der Waals surface area contributed by atoms with E-state index in [4.69, 9.17) is 9.47 Å². The van der Waals surface area contributed by atoms with Gasteiger partial charge in [-0.15, -0.1) is 0 Å². The summed E-state index contributed by atoms with van der Waals surface area (Å²) >= 11 is 0. The smallest absolute Gasteiger partial charge is 0.255 e. The third kappa shape index (κ3) is 3.98. The second-order valence-electron chi connectivity index (χ2n) is 5.93. The van der Waals surface area contributed by atoms with Crippen molar-refractivity contribution in [2.75, 3.05) is 17.4 Å². The van der Waals surface area contributed by atoms with Gasteiger partial charge < -0.3 is 20.1 Å². The third-order valence-electron chi connectivity index (χ3n) is 4.03. The van der Waals surface area contributed by atoms with Crippen LogP contribution in [0.15, 0.2) is 60.8 Å². The molecule has 2 heterocycles. The number of pyridine rings is 1. The number of benzene rings is 2. The van der Waals surface area contributed by atoms with Crippen LogP contribution in [0.1, 0.15) is 15.9 Å². The first-order valence-corrected chi connectivity index (χ1v) is 8.33. The topological polar surface area (TPSA) is 72.5 Å². The molecule has 1 aliphatic rings. The van der Waals surface area contributed by atoms with E-state index >= 15 is 0 Å². The van der Waals surface area contributed by atoms with Crippen molar-refractivity contribution in [1.29, 1.82) is 0 Å². The minimum absolute atomic E-state index is 0.235. The summed E-state index contributed by atoms with van der Waals surface area (Å²) in [5, 5.41) is 5.90. The molecule has 7 heteroatoms. The molecule has 0 atom stereocenters. The van der Waals surface area contributed by atoms with Crippen molar-refractivity contribution < 1.29 is 18.7 Å². The van der Waals surface area contributed by atoms with E-state index in [1.54, 1.807) is 18.3 Å². The summed E-state index contributed by atoms with van der Waals surface area (Å²) in [7, 11) is 0. The fourth-order valence-corrected chi connectivity index (χ4v) is 2.65. The van der Waals surface area contributed by atoms with E-state index in [0.717, 1.165) is 17.1 Å². The molecule has 4 rings (SSSR count). The lowest BCUT2D eigenvalue weighted by Gasteiger charge is -2.09. The third-order valence-corrected chi connectivity index (χ3v) is 4.03. The van der Waals surface area contributed by atoms with Crippen LogP contribution in [0.3, 0.4) is 0 Å². The molecule has 1 aliphatic heterocycles. The molecule has 1 amide bonds. The van der Waals surface area contributed by atoms with Gasteiger partial charge in [0.25, 0.3) is 5.91 Å². The van der Waals surface area contributed by atoms with Crippen LogP contribution in [0.5, 0.6) is 11.5 Å². The minimum Gasteiger partial charge on any atom is -0.454 e. The van der Waals surface area contributed by atoms with Crippen molar-refractivity contribution in [3.05, 3.63) is 77.7 Å². The van der Waals surface area contributed by atoms with Crippen LogP contribution in [0, 0.1) is 5.82 Å². The first-order valence-electron chi connectivity index (χ1n) is 8.33. The Balaban J connectivity index is 1.41. The van der Waals surface area contributed by atoms with E-state index in [0.29, 0.717) is 23.6 Å². The molecule has 0 saturated carbocycles. The Morgan fingerprint density at radius 2 is 1.85 bits per heavy atom. The Morgan fingerprint density at radius 1 is 1.04 bits per heavy atom. The van der Waals surface area contributed by atoms with E-state index < -0.39 is 0 Å². The highest BCUT2D eigenvalue weighted by Crippen LogP contribution is 2.32. The van der Waals surface area contributed by atoms with Crippen LogP contribution in [0.25, 0.3) is 0 Å². The van der Waals surface area contributed by atoms with Crippen molar-refractivity contribution >= 4 is 17.4 Å². The number of ether oxygens (including phenoxy) is 2. The first-order chi connectivity index (χ1) is 13.2. The SMILES string of the molecule is O=C(Nc1ccc(F)cc1)c1ccnc(NCc2ccc3c(c2)OCO3)c1. The Labute approximate surface area is 155 Å². The van der Waals surface area contributed by atoms with Crippen molar-refractivity contribution in [2.24, 2.45) is 0 Å². The van der Waals surface area contributed by atoms with Crippen LogP contribution in [0.4, 0.5) is 15.9 Å². The molecule has 6 nitrogen and oxygen atoms in total. The van der Waals surface area contributed by atoms with E-state index in [1.807, 2.05) is 18.2 Å². The molecule has 0 fully saturated rings. The van der Waals surface area contributed by atoms with Gasteiger partial charge >= 0.3 is 0 Å². The van der Waals surface area contributed by atoms with E-state index in [9.17, 15) is 9.18 Å². The van der Waals surface area contributed by atoms with Crippen LogP contribution < -0.4 is 20.1 Å². The lowest BCUT2D eigenvalue weighted by Crippen LogP contribution is -2.12.